The lowest BCUT2D eigenvalue weighted by molar-refractivity contribution is 0.714. The molecule has 1 unspecified atom stereocenters. The van der Waals surface area contributed by atoms with Gasteiger partial charge in [0.15, 0.2) is 5.82 Å². The molecule has 0 radical (unpaired) electrons. The summed E-state index contributed by atoms with van der Waals surface area (Å²) < 4.78 is 2.61. The van der Waals surface area contributed by atoms with E-state index in [9.17, 15) is 0 Å². The Labute approximate surface area is 336 Å². The van der Waals surface area contributed by atoms with E-state index in [-0.39, 0.29) is 5.41 Å². The van der Waals surface area contributed by atoms with Crippen LogP contribution in [0, 0.1) is 0 Å². The van der Waals surface area contributed by atoms with Gasteiger partial charge in [-0.1, -0.05) is 170 Å². The maximum Gasteiger partial charge on any atom is 0.160 e. The number of hydrogen-bond donors (Lipinski definition) is 0. The van der Waals surface area contributed by atoms with Gasteiger partial charge in [-0.05, 0) is 87.3 Å². The van der Waals surface area contributed by atoms with Crippen molar-refractivity contribution in [2.75, 3.05) is 0 Å². The molecular formula is C54H36N2S. The zero-order valence-electron chi connectivity index (χ0n) is 31.4. The van der Waals surface area contributed by atoms with Crippen molar-refractivity contribution in [3.05, 3.63) is 217 Å². The number of benzene rings is 8. The van der Waals surface area contributed by atoms with Crippen molar-refractivity contribution in [2.24, 2.45) is 0 Å². The molecular weight excluding hydrogens is 709 g/mol. The highest BCUT2D eigenvalue weighted by molar-refractivity contribution is 7.25. The van der Waals surface area contributed by atoms with Crippen molar-refractivity contribution < 1.29 is 0 Å². The van der Waals surface area contributed by atoms with Crippen LogP contribution in [0.3, 0.4) is 0 Å². The van der Waals surface area contributed by atoms with Crippen LogP contribution in [0.4, 0.5) is 0 Å². The number of aromatic nitrogens is 2. The van der Waals surface area contributed by atoms with Crippen LogP contribution in [0.2, 0.25) is 0 Å². The van der Waals surface area contributed by atoms with Gasteiger partial charge in [0.2, 0.25) is 0 Å². The monoisotopic (exact) mass is 744 g/mol. The lowest BCUT2D eigenvalue weighted by atomic mass is 9.74. The van der Waals surface area contributed by atoms with Gasteiger partial charge in [-0.3, -0.25) is 0 Å². The van der Waals surface area contributed by atoms with Crippen LogP contribution in [-0.2, 0) is 5.41 Å². The second-order valence-corrected chi connectivity index (χ2v) is 16.1. The molecule has 0 spiro atoms. The van der Waals surface area contributed by atoms with Crippen molar-refractivity contribution in [1.29, 1.82) is 0 Å². The molecule has 3 heteroatoms. The van der Waals surface area contributed by atoms with Crippen molar-refractivity contribution in [2.45, 2.75) is 12.3 Å². The molecule has 1 atom stereocenters. The van der Waals surface area contributed by atoms with Gasteiger partial charge in [-0.2, -0.15) is 0 Å². The molecule has 0 bridgehead atoms. The van der Waals surface area contributed by atoms with Gasteiger partial charge in [0.1, 0.15) is 0 Å². The van der Waals surface area contributed by atoms with Gasteiger partial charge in [0.05, 0.1) is 11.4 Å². The summed E-state index contributed by atoms with van der Waals surface area (Å²) in [5, 5.41) is 2.61. The van der Waals surface area contributed by atoms with E-state index in [1.54, 1.807) is 0 Å². The van der Waals surface area contributed by atoms with Gasteiger partial charge in [0.25, 0.3) is 0 Å². The molecule has 2 nitrogen and oxygen atoms in total. The summed E-state index contributed by atoms with van der Waals surface area (Å²) in [7, 11) is 0. The average Bonchev–Trinajstić information content (AvgIpc) is 3.80. The Hall–Kier alpha value is -6.94. The van der Waals surface area contributed by atoms with Crippen LogP contribution in [0.1, 0.15) is 23.6 Å². The Kier molecular flexibility index (Phi) is 7.84. The Bertz CT molecular complexity index is 3130. The van der Waals surface area contributed by atoms with Crippen LogP contribution in [0.5, 0.6) is 0 Å². The summed E-state index contributed by atoms with van der Waals surface area (Å²) in [5.41, 5.74) is 16.1. The number of thiophene rings is 1. The number of fused-ring (bicyclic) bond motifs is 6. The lowest BCUT2D eigenvalue weighted by Gasteiger charge is -2.28. The first kappa shape index (κ1) is 33.4. The lowest BCUT2D eigenvalue weighted by Crippen LogP contribution is -2.22. The third-order valence-corrected chi connectivity index (χ3v) is 12.9. The molecule has 1 aliphatic carbocycles. The maximum absolute atomic E-state index is 5.18. The summed E-state index contributed by atoms with van der Waals surface area (Å²) in [4.78, 5) is 10.3. The molecule has 268 valence electrons. The van der Waals surface area contributed by atoms with E-state index in [0.717, 1.165) is 28.1 Å². The zero-order valence-corrected chi connectivity index (χ0v) is 32.2. The van der Waals surface area contributed by atoms with Crippen molar-refractivity contribution in [3.8, 4) is 67.3 Å². The molecule has 0 amide bonds. The Morgan fingerprint density at radius 3 is 1.82 bits per heavy atom. The molecule has 2 aromatic heterocycles. The van der Waals surface area contributed by atoms with E-state index in [1.807, 2.05) is 29.5 Å². The second-order valence-electron chi connectivity index (χ2n) is 15.1. The largest absolute Gasteiger partial charge is 0.228 e. The Morgan fingerprint density at radius 1 is 0.386 bits per heavy atom. The third-order valence-electron chi connectivity index (χ3n) is 11.8. The standard InChI is InChI=1S/C54H36N2S/c1-54(41-18-6-3-7-19-41)46-23-10-8-20-43(46)44-31-30-38(33-47(44)54)35-26-28-36(29-27-35)48-34-49(56-53(55-48)37-14-4-2-5-15-37)40-17-12-16-39(32-40)42-22-13-25-51-52(42)45-21-9-11-24-50(45)57-51/h2-34H,1H3. The summed E-state index contributed by atoms with van der Waals surface area (Å²) in [5.74, 6) is 0.710. The van der Waals surface area contributed by atoms with E-state index < -0.39 is 0 Å². The number of nitrogens with zero attached hydrogens (tertiary/aromatic N) is 2. The van der Waals surface area contributed by atoms with E-state index >= 15 is 0 Å². The Balaban J connectivity index is 0.991. The molecule has 57 heavy (non-hydrogen) atoms. The van der Waals surface area contributed by atoms with Gasteiger partial charge in [-0.25, -0.2) is 9.97 Å². The molecule has 1 aliphatic rings. The summed E-state index contributed by atoms with van der Waals surface area (Å²) in [6.45, 7) is 2.37. The predicted octanol–water partition coefficient (Wildman–Crippen LogP) is 14.5. The molecule has 0 fully saturated rings. The quantitative estimate of drug-likeness (QED) is 0.169. The van der Waals surface area contributed by atoms with Gasteiger partial charge in [0, 0.05) is 42.3 Å². The van der Waals surface area contributed by atoms with Crippen molar-refractivity contribution >= 4 is 31.5 Å². The van der Waals surface area contributed by atoms with E-state index in [0.29, 0.717) is 5.82 Å². The van der Waals surface area contributed by atoms with Crippen LogP contribution >= 0.6 is 11.3 Å². The van der Waals surface area contributed by atoms with Gasteiger partial charge >= 0.3 is 0 Å². The summed E-state index contributed by atoms with van der Waals surface area (Å²) >= 11 is 1.85. The summed E-state index contributed by atoms with van der Waals surface area (Å²) in [6.07, 6.45) is 0. The van der Waals surface area contributed by atoms with E-state index in [2.05, 4.69) is 189 Å². The number of rotatable bonds is 6. The average molecular weight is 745 g/mol. The first-order valence-electron chi connectivity index (χ1n) is 19.5. The minimum atomic E-state index is -0.240. The maximum atomic E-state index is 5.18. The SMILES string of the molecule is CC1(c2ccccc2)c2ccccc2-c2ccc(-c3ccc(-c4cc(-c5cccc(-c6cccc7sc8ccccc8c67)c5)nc(-c5ccccc5)n4)cc3)cc21. The van der Waals surface area contributed by atoms with E-state index in [4.69, 9.17) is 9.97 Å². The molecule has 0 N–H and O–H groups in total. The van der Waals surface area contributed by atoms with Crippen LogP contribution in [0.25, 0.3) is 87.5 Å². The number of hydrogen-bond acceptors (Lipinski definition) is 3. The zero-order chi connectivity index (χ0) is 37.9. The molecule has 0 aliphatic heterocycles. The van der Waals surface area contributed by atoms with Gasteiger partial charge < -0.3 is 0 Å². The first-order chi connectivity index (χ1) is 28.1. The predicted molar refractivity (Wildman–Crippen MR) is 240 cm³/mol. The molecule has 10 aromatic rings. The molecule has 0 saturated carbocycles. The molecule has 2 heterocycles. The topological polar surface area (TPSA) is 25.8 Å². The third kappa shape index (κ3) is 5.54. The van der Waals surface area contributed by atoms with Crippen LogP contribution < -0.4 is 0 Å². The molecule has 8 aromatic carbocycles. The highest BCUT2D eigenvalue weighted by Gasteiger charge is 2.40. The summed E-state index contributed by atoms with van der Waals surface area (Å²) in [6, 6.07) is 72.2. The second kappa shape index (κ2) is 13.4. The van der Waals surface area contributed by atoms with Crippen LogP contribution in [-0.4, -0.2) is 9.97 Å². The molecule has 0 saturated heterocycles. The highest BCUT2D eigenvalue weighted by Crippen LogP contribution is 2.53. The van der Waals surface area contributed by atoms with Gasteiger partial charge in [-0.15, -0.1) is 11.3 Å². The normalized spacial score (nSPS) is 14.5. The fourth-order valence-corrected chi connectivity index (χ4v) is 10.0. The highest BCUT2D eigenvalue weighted by atomic mass is 32.1. The minimum Gasteiger partial charge on any atom is -0.228 e. The first-order valence-corrected chi connectivity index (χ1v) is 20.3. The fraction of sp³-hybridized carbons (Fsp3) is 0.0370. The van der Waals surface area contributed by atoms with Crippen molar-refractivity contribution in [3.63, 3.8) is 0 Å². The minimum absolute atomic E-state index is 0.240. The van der Waals surface area contributed by atoms with Crippen molar-refractivity contribution in [1.82, 2.24) is 9.97 Å². The van der Waals surface area contributed by atoms with Crippen LogP contribution in [0.15, 0.2) is 200 Å². The Morgan fingerprint density at radius 2 is 0.982 bits per heavy atom. The van der Waals surface area contributed by atoms with E-state index in [1.165, 1.54) is 70.2 Å². The fourth-order valence-electron chi connectivity index (χ4n) is 8.91. The smallest absolute Gasteiger partial charge is 0.160 e. The molecule has 11 rings (SSSR count).